The van der Waals surface area contributed by atoms with E-state index in [-0.39, 0.29) is 24.0 Å². The van der Waals surface area contributed by atoms with Crippen molar-refractivity contribution in [3.63, 3.8) is 0 Å². The zero-order valence-electron chi connectivity index (χ0n) is 10.0. The zero-order valence-corrected chi connectivity index (χ0v) is 10.9. The second kappa shape index (κ2) is 7.40. The van der Waals surface area contributed by atoms with E-state index >= 15 is 0 Å². The van der Waals surface area contributed by atoms with Crippen LogP contribution in [0.3, 0.4) is 0 Å². The number of hydrogen-bond donors (Lipinski definition) is 2. The number of nitrogens with one attached hydrogen (secondary N) is 1. The molecule has 0 heterocycles. The fourth-order valence-electron chi connectivity index (χ4n) is 1.30. The van der Waals surface area contributed by atoms with Gasteiger partial charge in [-0.05, 0) is 30.4 Å². The number of alkyl halides is 3. The summed E-state index contributed by atoms with van der Waals surface area (Å²) in [6.07, 6.45) is -3.84. The minimum absolute atomic E-state index is 0.0578. The molecule has 7 heteroatoms. The molecular weight excluding hydrogens is 279 g/mol. The molecule has 1 amide bonds. The lowest BCUT2D eigenvalue weighted by Gasteiger charge is -2.09. The molecule has 106 valence electrons. The Morgan fingerprint density at radius 2 is 2.11 bits per heavy atom. The minimum Gasteiger partial charge on any atom is -0.396 e. The third-order valence-corrected chi connectivity index (χ3v) is 3.20. The Morgan fingerprint density at radius 1 is 1.37 bits per heavy atom. The predicted molar refractivity (Wildman–Crippen MR) is 69.1 cm³/mol. The van der Waals surface area contributed by atoms with Gasteiger partial charge < -0.3 is 10.4 Å². The number of carbonyl (C=O) groups excluding carboxylic acids is 1. The monoisotopic (exact) mass is 293 g/mol. The first-order valence-corrected chi connectivity index (χ1v) is 6.74. The summed E-state index contributed by atoms with van der Waals surface area (Å²) in [5, 5.41) is 11.0. The van der Waals surface area contributed by atoms with Gasteiger partial charge in [-0.2, -0.15) is 24.9 Å². The fraction of sp³-hybridized carbons (Fsp3) is 0.417. The maximum absolute atomic E-state index is 12.5. The second-order valence-corrected chi connectivity index (χ2v) is 4.86. The number of anilines is 1. The van der Waals surface area contributed by atoms with Crippen molar-refractivity contribution < 1.29 is 23.1 Å². The molecule has 0 radical (unpaired) electrons. The molecule has 0 aliphatic heterocycles. The van der Waals surface area contributed by atoms with Crippen LogP contribution in [0, 0.1) is 0 Å². The van der Waals surface area contributed by atoms with Crippen LogP contribution in [0.5, 0.6) is 0 Å². The zero-order chi connectivity index (χ0) is 14.3. The molecule has 0 saturated carbocycles. The Morgan fingerprint density at radius 3 is 2.74 bits per heavy atom. The normalized spacial score (nSPS) is 11.4. The molecule has 0 saturated heterocycles. The third-order valence-electron chi connectivity index (χ3n) is 2.15. The van der Waals surface area contributed by atoms with Gasteiger partial charge in [0.2, 0.25) is 5.91 Å². The van der Waals surface area contributed by atoms with Crippen molar-refractivity contribution in [3.05, 3.63) is 29.8 Å². The van der Waals surface area contributed by atoms with Gasteiger partial charge in [-0.1, -0.05) is 6.07 Å². The summed E-state index contributed by atoms with van der Waals surface area (Å²) in [6, 6.07) is 4.50. The van der Waals surface area contributed by atoms with Gasteiger partial charge in [0.1, 0.15) is 0 Å². The summed E-state index contributed by atoms with van der Waals surface area (Å²) in [6.45, 7) is 0.0578. The summed E-state index contributed by atoms with van der Waals surface area (Å²) in [5.74, 6) is 0.421. The van der Waals surface area contributed by atoms with Gasteiger partial charge in [-0.3, -0.25) is 4.79 Å². The maximum Gasteiger partial charge on any atom is 0.416 e. The molecule has 2 N–H and O–H groups in total. The summed E-state index contributed by atoms with van der Waals surface area (Å²) >= 11 is 1.32. The summed E-state index contributed by atoms with van der Waals surface area (Å²) in [4.78, 5) is 11.5. The van der Waals surface area contributed by atoms with Crippen LogP contribution in [-0.4, -0.2) is 29.1 Å². The standard InChI is InChI=1S/C12H14F3NO2S/c13-12(14,15)9-3-1-4-10(7-9)16-11(18)8-19-6-2-5-17/h1,3-4,7,17H,2,5-6,8H2,(H,16,18). The molecular formula is C12H14F3NO2S. The van der Waals surface area contributed by atoms with E-state index in [9.17, 15) is 18.0 Å². The molecule has 1 aromatic carbocycles. The largest absolute Gasteiger partial charge is 0.416 e. The highest BCUT2D eigenvalue weighted by molar-refractivity contribution is 7.99. The minimum atomic E-state index is -4.42. The summed E-state index contributed by atoms with van der Waals surface area (Å²) in [7, 11) is 0. The van der Waals surface area contributed by atoms with E-state index in [2.05, 4.69) is 5.32 Å². The number of amides is 1. The van der Waals surface area contributed by atoms with Crippen molar-refractivity contribution in [2.45, 2.75) is 12.6 Å². The lowest BCUT2D eigenvalue weighted by Crippen LogP contribution is -2.15. The Balaban J connectivity index is 2.50. The Hall–Kier alpha value is -1.21. The second-order valence-electron chi connectivity index (χ2n) is 3.76. The van der Waals surface area contributed by atoms with E-state index in [0.717, 1.165) is 12.1 Å². The number of aliphatic hydroxyl groups excluding tert-OH is 1. The van der Waals surface area contributed by atoms with Gasteiger partial charge in [-0.25, -0.2) is 0 Å². The molecule has 19 heavy (non-hydrogen) atoms. The van der Waals surface area contributed by atoms with Crippen LogP contribution in [0.25, 0.3) is 0 Å². The van der Waals surface area contributed by atoms with Crippen molar-refractivity contribution in [3.8, 4) is 0 Å². The number of thioether (sulfide) groups is 1. The summed E-state index contributed by atoms with van der Waals surface area (Å²) < 4.78 is 37.4. The van der Waals surface area contributed by atoms with Crippen LogP contribution < -0.4 is 5.32 Å². The molecule has 0 fully saturated rings. The number of halogens is 3. The van der Waals surface area contributed by atoms with E-state index in [1.807, 2.05) is 0 Å². The Kier molecular flexibility index (Phi) is 6.17. The van der Waals surface area contributed by atoms with Gasteiger partial charge in [-0.15, -0.1) is 0 Å². The Bertz CT molecular complexity index is 424. The third kappa shape index (κ3) is 5.98. The van der Waals surface area contributed by atoms with Gasteiger partial charge >= 0.3 is 6.18 Å². The average molecular weight is 293 g/mol. The number of aliphatic hydroxyl groups is 1. The molecule has 0 aliphatic rings. The van der Waals surface area contributed by atoms with Crippen LogP contribution >= 0.6 is 11.8 Å². The highest BCUT2D eigenvalue weighted by Gasteiger charge is 2.30. The van der Waals surface area contributed by atoms with E-state index in [1.54, 1.807) is 0 Å². The van der Waals surface area contributed by atoms with E-state index in [1.165, 1.54) is 23.9 Å². The predicted octanol–water partition coefficient (Wildman–Crippen LogP) is 2.76. The van der Waals surface area contributed by atoms with Crippen molar-refractivity contribution in [1.29, 1.82) is 0 Å². The lowest BCUT2D eigenvalue weighted by atomic mass is 10.2. The van der Waals surface area contributed by atoms with E-state index in [4.69, 9.17) is 5.11 Å². The van der Waals surface area contributed by atoms with Gasteiger partial charge in [0, 0.05) is 12.3 Å². The number of benzene rings is 1. The molecule has 0 aromatic heterocycles. The molecule has 1 rings (SSSR count). The van der Waals surface area contributed by atoms with Gasteiger partial charge in [0.25, 0.3) is 0 Å². The number of rotatable bonds is 6. The van der Waals surface area contributed by atoms with Crippen LogP contribution in [-0.2, 0) is 11.0 Å². The molecule has 3 nitrogen and oxygen atoms in total. The molecule has 0 spiro atoms. The number of hydrogen-bond acceptors (Lipinski definition) is 3. The maximum atomic E-state index is 12.5. The first kappa shape index (κ1) is 15.8. The van der Waals surface area contributed by atoms with E-state index in [0.29, 0.717) is 12.2 Å². The Labute approximate surface area is 113 Å². The topological polar surface area (TPSA) is 49.3 Å². The van der Waals surface area contributed by atoms with Crippen LogP contribution in [0.4, 0.5) is 18.9 Å². The van der Waals surface area contributed by atoms with Crippen molar-refractivity contribution in [2.75, 3.05) is 23.4 Å². The molecule has 0 aliphatic carbocycles. The first-order valence-electron chi connectivity index (χ1n) is 5.59. The summed E-state index contributed by atoms with van der Waals surface area (Å²) in [5.41, 5.74) is -0.666. The SMILES string of the molecule is O=C(CSCCCO)Nc1cccc(C(F)(F)F)c1. The number of carbonyl (C=O) groups is 1. The quantitative estimate of drug-likeness (QED) is 0.793. The first-order chi connectivity index (χ1) is 8.93. The highest BCUT2D eigenvalue weighted by atomic mass is 32.2. The van der Waals surface area contributed by atoms with Crippen LogP contribution in [0.1, 0.15) is 12.0 Å². The molecule has 1 aromatic rings. The molecule has 0 atom stereocenters. The highest BCUT2D eigenvalue weighted by Crippen LogP contribution is 2.30. The van der Waals surface area contributed by atoms with Crippen molar-refractivity contribution in [2.24, 2.45) is 0 Å². The van der Waals surface area contributed by atoms with Crippen molar-refractivity contribution in [1.82, 2.24) is 0 Å². The van der Waals surface area contributed by atoms with Gasteiger partial charge in [0.05, 0.1) is 11.3 Å². The van der Waals surface area contributed by atoms with E-state index < -0.39 is 11.7 Å². The average Bonchev–Trinajstić information content (AvgIpc) is 2.34. The smallest absolute Gasteiger partial charge is 0.396 e. The fourth-order valence-corrected chi connectivity index (χ4v) is 2.04. The van der Waals surface area contributed by atoms with Gasteiger partial charge in [0.15, 0.2) is 0 Å². The van der Waals surface area contributed by atoms with Crippen LogP contribution in [0.2, 0.25) is 0 Å². The molecule has 0 bridgehead atoms. The lowest BCUT2D eigenvalue weighted by molar-refractivity contribution is -0.137. The van der Waals surface area contributed by atoms with Crippen molar-refractivity contribution >= 4 is 23.4 Å². The van der Waals surface area contributed by atoms with Crippen LogP contribution in [0.15, 0.2) is 24.3 Å². The molecule has 0 unspecified atom stereocenters.